The molecular formula is C16H22F2N2O. The summed E-state index contributed by atoms with van der Waals surface area (Å²) < 4.78 is 26.4. The number of aryl methyl sites for hydroxylation is 1. The molecule has 21 heavy (non-hydrogen) atoms. The van der Waals surface area contributed by atoms with E-state index in [1.807, 2.05) is 50.2 Å². The zero-order valence-corrected chi connectivity index (χ0v) is 12.8. The van der Waals surface area contributed by atoms with Crippen molar-refractivity contribution in [2.45, 2.75) is 31.7 Å². The van der Waals surface area contributed by atoms with Gasteiger partial charge in [-0.15, -0.1) is 0 Å². The lowest BCUT2D eigenvalue weighted by Crippen LogP contribution is -2.47. The van der Waals surface area contributed by atoms with Crippen LogP contribution in [0.1, 0.15) is 30.0 Å². The zero-order valence-electron chi connectivity index (χ0n) is 12.8. The molecule has 1 aromatic rings. The third-order valence-electron chi connectivity index (χ3n) is 3.95. The van der Waals surface area contributed by atoms with Gasteiger partial charge in [0.15, 0.2) is 0 Å². The number of likely N-dealkylation sites (N-methyl/N-ethyl adjacent to an activating group) is 1. The molecule has 1 fully saturated rings. The highest BCUT2D eigenvalue weighted by atomic mass is 19.3. The smallest absolute Gasteiger partial charge is 0.251 e. The van der Waals surface area contributed by atoms with Crippen LogP contribution in [0.4, 0.5) is 8.78 Å². The van der Waals surface area contributed by atoms with Crippen LogP contribution < -0.4 is 0 Å². The van der Waals surface area contributed by atoms with Crippen molar-refractivity contribution < 1.29 is 13.6 Å². The molecule has 0 saturated carbocycles. The molecule has 0 radical (unpaired) electrons. The van der Waals surface area contributed by atoms with E-state index in [1.165, 1.54) is 0 Å². The Morgan fingerprint density at radius 2 is 1.71 bits per heavy atom. The molecular weight excluding hydrogens is 274 g/mol. The highest BCUT2D eigenvalue weighted by Gasteiger charge is 2.38. The quantitative estimate of drug-likeness (QED) is 0.856. The first-order valence-corrected chi connectivity index (χ1v) is 7.20. The average Bonchev–Trinajstić information content (AvgIpc) is 2.40. The van der Waals surface area contributed by atoms with E-state index in [1.54, 1.807) is 4.90 Å². The van der Waals surface area contributed by atoms with Gasteiger partial charge in [-0.05, 0) is 26.6 Å². The number of benzene rings is 1. The highest BCUT2D eigenvalue weighted by Crippen LogP contribution is 2.30. The van der Waals surface area contributed by atoms with E-state index in [-0.39, 0.29) is 31.8 Å². The first-order valence-electron chi connectivity index (χ1n) is 7.20. The van der Waals surface area contributed by atoms with Gasteiger partial charge in [0.05, 0.1) is 0 Å². The molecule has 1 atom stereocenters. The summed E-state index contributed by atoms with van der Waals surface area (Å²) in [6.45, 7) is 2.24. The molecule has 1 aromatic carbocycles. The summed E-state index contributed by atoms with van der Waals surface area (Å²) in [5.74, 6) is -2.73. The summed E-state index contributed by atoms with van der Waals surface area (Å²) in [7, 11) is 3.67. The van der Waals surface area contributed by atoms with E-state index in [9.17, 15) is 13.6 Å². The maximum atomic E-state index is 13.2. The fourth-order valence-electron chi connectivity index (χ4n) is 2.64. The van der Waals surface area contributed by atoms with Crippen LogP contribution in [0.2, 0.25) is 0 Å². The van der Waals surface area contributed by atoms with Crippen molar-refractivity contribution >= 4 is 5.91 Å². The van der Waals surface area contributed by atoms with Crippen molar-refractivity contribution in [3.63, 3.8) is 0 Å². The van der Waals surface area contributed by atoms with Crippen molar-refractivity contribution in [2.75, 3.05) is 27.2 Å². The fraction of sp³-hybridized carbons (Fsp3) is 0.562. The Hall–Kier alpha value is -1.49. The number of carbonyl (C=O) groups is 1. The van der Waals surface area contributed by atoms with Gasteiger partial charge < -0.3 is 4.90 Å². The third kappa shape index (κ3) is 3.79. The largest absolute Gasteiger partial charge is 0.341 e. The van der Waals surface area contributed by atoms with Crippen molar-refractivity contribution in [2.24, 2.45) is 0 Å². The Bertz CT molecular complexity index is 490. The Kier molecular flexibility index (Phi) is 4.61. The molecule has 0 aromatic heterocycles. The van der Waals surface area contributed by atoms with Gasteiger partial charge in [-0.25, -0.2) is 8.78 Å². The molecule has 0 spiro atoms. The number of amides is 1. The Labute approximate surface area is 124 Å². The van der Waals surface area contributed by atoms with Crippen LogP contribution in [0, 0.1) is 6.92 Å². The van der Waals surface area contributed by atoms with Gasteiger partial charge in [-0.1, -0.05) is 29.8 Å². The topological polar surface area (TPSA) is 23.6 Å². The molecule has 5 heteroatoms. The third-order valence-corrected chi connectivity index (χ3v) is 3.95. The highest BCUT2D eigenvalue weighted by molar-refractivity contribution is 5.83. The van der Waals surface area contributed by atoms with Crippen LogP contribution in [-0.2, 0) is 4.79 Å². The Morgan fingerprint density at radius 1 is 1.19 bits per heavy atom. The van der Waals surface area contributed by atoms with Gasteiger partial charge in [0.1, 0.15) is 6.04 Å². The number of piperidine rings is 1. The van der Waals surface area contributed by atoms with E-state index < -0.39 is 12.0 Å². The van der Waals surface area contributed by atoms with Crippen molar-refractivity contribution in [3.8, 4) is 0 Å². The Morgan fingerprint density at radius 3 is 2.19 bits per heavy atom. The molecule has 116 valence electrons. The number of halogens is 2. The number of nitrogens with zero attached hydrogens (tertiary/aromatic N) is 2. The monoisotopic (exact) mass is 296 g/mol. The molecule has 0 N–H and O–H groups in total. The molecule has 1 heterocycles. The molecule has 3 nitrogen and oxygen atoms in total. The van der Waals surface area contributed by atoms with Gasteiger partial charge in [0, 0.05) is 25.9 Å². The SMILES string of the molecule is Cc1ccc([C@@H](C(=O)N2CCC(F)(F)CC2)N(C)C)cc1. The summed E-state index contributed by atoms with van der Waals surface area (Å²) >= 11 is 0. The van der Waals surface area contributed by atoms with E-state index in [0.29, 0.717) is 0 Å². The first-order chi connectivity index (χ1) is 9.80. The van der Waals surface area contributed by atoms with Crippen LogP contribution >= 0.6 is 0 Å². The van der Waals surface area contributed by atoms with E-state index >= 15 is 0 Å². The number of hydrogen-bond acceptors (Lipinski definition) is 2. The van der Waals surface area contributed by atoms with Crippen LogP contribution in [0.15, 0.2) is 24.3 Å². The standard InChI is InChI=1S/C16H22F2N2O/c1-12-4-6-13(7-5-12)14(19(2)3)15(21)20-10-8-16(17,18)9-11-20/h4-7,14H,8-11H2,1-3H3/t14-/m0/s1. The van der Waals surface area contributed by atoms with Crippen molar-refractivity contribution in [1.82, 2.24) is 9.80 Å². The van der Waals surface area contributed by atoms with Gasteiger partial charge in [0.25, 0.3) is 5.92 Å². The molecule has 1 aliphatic rings. The molecule has 1 saturated heterocycles. The second kappa shape index (κ2) is 6.10. The second-order valence-electron chi connectivity index (χ2n) is 5.96. The van der Waals surface area contributed by atoms with Crippen molar-refractivity contribution in [3.05, 3.63) is 35.4 Å². The first kappa shape index (κ1) is 15.9. The summed E-state index contributed by atoms with van der Waals surface area (Å²) in [5.41, 5.74) is 2.02. The van der Waals surface area contributed by atoms with Crippen LogP contribution in [0.5, 0.6) is 0 Å². The Balaban J connectivity index is 2.15. The number of rotatable bonds is 3. The molecule has 2 rings (SSSR count). The van der Waals surface area contributed by atoms with Crippen LogP contribution in [0.25, 0.3) is 0 Å². The van der Waals surface area contributed by atoms with Crippen LogP contribution in [-0.4, -0.2) is 48.8 Å². The van der Waals surface area contributed by atoms with E-state index in [0.717, 1.165) is 11.1 Å². The minimum Gasteiger partial charge on any atom is -0.341 e. The summed E-state index contributed by atoms with van der Waals surface area (Å²) in [6.07, 6.45) is -0.487. The fourth-order valence-corrected chi connectivity index (χ4v) is 2.64. The summed E-state index contributed by atoms with van der Waals surface area (Å²) in [6, 6.07) is 7.36. The van der Waals surface area contributed by atoms with Crippen LogP contribution in [0.3, 0.4) is 0 Å². The minimum atomic E-state index is -2.63. The normalized spacial score (nSPS) is 19.6. The van der Waals surface area contributed by atoms with Gasteiger partial charge in [-0.3, -0.25) is 9.69 Å². The number of likely N-dealkylation sites (tertiary alicyclic amines) is 1. The summed E-state index contributed by atoms with van der Waals surface area (Å²) in [4.78, 5) is 16.1. The predicted octanol–water partition coefficient (Wildman–Crippen LogP) is 2.86. The van der Waals surface area contributed by atoms with E-state index in [4.69, 9.17) is 0 Å². The molecule has 0 unspecified atom stereocenters. The lowest BCUT2D eigenvalue weighted by Gasteiger charge is -2.35. The van der Waals surface area contributed by atoms with Gasteiger partial charge in [0.2, 0.25) is 5.91 Å². The number of hydrogen-bond donors (Lipinski definition) is 0. The maximum absolute atomic E-state index is 13.2. The summed E-state index contributed by atoms with van der Waals surface area (Å²) in [5, 5.41) is 0. The minimum absolute atomic E-state index is 0.0978. The van der Waals surface area contributed by atoms with Crippen molar-refractivity contribution in [1.29, 1.82) is 0 Å². The van der Waals surface area contributed by atoms with Gasteiger partial charge in [-0.2, -0.15) is 0 Å². The lowest BCUT2D eigenvalue weighted by molar-refractivity contribution is -0.142. The van der Waals surface area contributed by atoms with Gasteiger partial charge >= 0.3 is 0 Å². The molecule has 0 bridgehead atoms. The number of carbonyl (C=O) groups excluding carboxylic acids is 1. The second-order valence-corrected chi connectivity index (χ2v) is 5.96. The maximum Gasteiger partial charge on any atom is 0.251 e. The number of alkyl halides is 2. The zero-order chi connectivity index (χ0) is 15.6. The molecule has 1 amide bonds. The lowest BCUT2D eigenvalue weighted by atomic mass is 10.0. The molecule has 0 aliphatic carbocycles. The molecule has 1 aliphatic heterocycles. The van der Waals surface area contributed by atoms with E-state index in [2.05, 4.69) is 0 Å². The average molecular weight is 296 g/mol. The predicted molar refractivity (Wildman–Crippen MR) is 78.4 cm³/mol.